The lowest BCUT2D eigenvalue weighted by atomic mass is 9.64. The number of rotatable bonds is 2. The van der Waals surface area contributed by atoms with Crippen LogP contribution in [0.1, 0.15) is 30.0 Å². The predicted molar refractivity (Wildman–Crippen MR) is 66.2 cm³/mol. The fraction of sp³-hybridized carbons (Fsp3) is 0.500. The van der Waals surface area contributed by atoms with E-state index in [-0.39, 0.29) is 6.04 Å². The molecule has 1 heterocycles. The van der Waals surface area contributed by atoms with Gasteiger partial charge < -0.3 is 15.5 Å². The first-order chi connectivity index (χ1) is 8.60. The summed E-state index contributed by atoms with van der Waals surface area (Å²) in [5.41, 5.74) is 1.48. The number of aliphatic hydroxyl groups is 1. The van der Waals surface area contributed by atoms with Crippen molar-refractivity contribution in [1.29, 1.82) is 0 Å². The molecule has 1 unspecified atom stereocenters. The lowest BCUT2D eigenvalue weighted by Gasteiger charge is -2.48. The Balaban J connectivity index is 1.85. The summed E-state index contributed by atoms with van der Waals surface area (Å²) in [4.78, 5) is 10.9. The van der Waals surface area contributed by atoms with E-state index in [9.17, 15) is 9.90 Å². The van der Waals surface area contributed by atoms with E-state index >= 15 is 0 Å². The van der Waals surface area contributed by atoms with Gasteiger partial charge in [0, 0.05) is 0 Å². The fourth-order valence-electron chi connectivity index (χ4n) is 3.19. The zero-order valence-corrected chi connectivity index (χ0v) is 10.1. The lowest BCUT2D eigenvalue weighted by molar-refractivity contribution is -0.163. The molecule has 1 aliphatic heterocycles. The molecule has 4 heteroatoms. The Morgan fingerprint density at radius 3 is 2.78 bits per heavy atom. The van der Waals surface area contributed by atoms with Crippen LogP contribution in [0, 0.1) is 5.92 Å². The van der Waals surface area contributed by atoms with Gasteiger partial charge >= 0.3 is 5.97 Å². The summed E-state index contributed by atoms with van der Waals surface area (Å²) >= 11 is 0. The second kappa shape index (κ2) is 4.07. The number of nitrogens with one attached hydrogen (secondary N) is 1. The summed E-state index contributed by atoms with van der Waals surface area (Å²) in [5.74, 6) is -1.20. The van der Waals surface area contributed by atoms with E-state index in [1.54, 1.807) is 0 Å². The van der Waals surface area contributed by atoms with Crippen LogP contribution in [-0.2, 0) is 11.2 Å². The third-order valence-electron chi connectivity index (χ3n) is 4.20. The molecule has 1 aromatic carbocycles. The van der Waals surface area contributed by atoms with Crippen molar-refractivity contribution >= 4 is 5.97 Å². The van der Waals surface area contributed by atoms with Crippen molar-refractivity contribution in [3.8, 4) is 0 Å². The summed E-state index contributed by atoms with van der Waals surface area (Å²) in [6.07, 6.45) is 1.65. The number of benzene rings is 1. The van der Waals surface area contributed by atoms with Crippen molar-refractivity contribution in [3.05, 3.63) is 35.4 Å². The van der Waals surface area contributed by atoms with Gasteiger partial charge in [0.2, 0.25) is 0 Å². The summed E-state index contributed by atoms with van der Waals surface area (Å²) in [7, 11) is 0. The molecule has 0 aromatic heterocycles. The Labute approximate surface area is 106 Å². The van der Waals surface area contributed by atoms with Gasteiger partial charge in [0.25, 0.3) is 0 Å². The van der Waals surface area contributed by atoms with Gasteiger partial charge in [-0.05, 0) is 36.9 Å². The Hall–Kier alpha value is -1.39. The van der Waals surface area contributed by atoms with Gasteiger partial charge in [0.05, 0.1) is 17.6 Å². The standard InChI is InChI=1S/C14H17NO3/c16-13(17)10-7-14(18,8-10)12-11-4-2-1-3-9(11)5-6-15-12/h1-4,10,12,15,18H,5-8H2,(H,16,17). The maximum atomic E-state index is 10.9. The first-order valence-corrected chi connectivity index (χ1v) is 6.36. The van der Waals surface area contributed by atoms with Crippen LogP contribution in [0.2, 0.25) is 0 Å². The molecule has 0 radical (unpaired) electrons. The summed E-state index contributed by atoms with van der Waals surface area (Å²) in [5, 5.41) is 22.8. The third kappa shape index (κ3) is 1.72. The number of aliphatic carboxylic acids is 1. The zero-order valence-electron chi connectivity index (χ0n) is 10.1. The summed E-state index contributed by atoms with van der Waals surface area (Å²) in [6, 6.07) is 7.96. The van der Waals surface area contributed by atoms with E-state index in [1.165, 1.54) is 5.56 Å². The SMILES string of the molecule is O=C(O)C1CC(O)(C2NCCc3ccccc32)C1. The Morgan fingerprint density at radius 2 is 2.06 bits per heavy atom. The van der Waals surface area contributed by atoms with Crippen molar-refractivity contribution in [2.75, 3.05) is 6.54 Å². The molecule has 3 rings (SSSR count). The smallest absolute Gasteiger partial charge is 0.306 e. The van der Waals surface area contributed by atoms with E-state index < -0.39 is 17.5 Å². The van der Waals surface area contributed by atoms with Gasteiger partial charge in [-0.3, -0.25) is 4.79 Å². The van der Waals surface area contributed by atoms with Crippen molar-refractivity contribution < 1.29 is 15.0 Å². The minimum absolute atomic E-state index is 0.127. The molecule has 96 valence electrons. The molecule has 1 saturated carbocycles. The van der Waals surface area contributed by atoms with E-state index in [1.807, 2.05) is 18.2 Å². The minimum Gasteiger partial charge on any atom is -0.481 e. The van der Waals surface area contributed by atoms with Crippen molar-refractivity contribution in [1.82, 2.24) is 5.32 Å². The highest BCUT2D eigenvalue weighted by Crippen LogP contribution is 2.47. The molecule has 3 N–H and O–H groups in total. The molecule has 1 aromatic rings. The molecule has 0 bridgehead atoms. The number of carboxylic acid groups (broad SMARTS) is 1. The highest BCUT2D eigenvalue weighted by atomic mass is 16.4. The number of carbonyl (C=O) groups is 1. The van der Waals surface area contributed by atoms with Crippen LogP contribution in [0.25, 0.3) is 0 Å². The fourth-order valence-corrected chi connectivity index (χ4v) is 3.19. The van der Waals surface area contributed by atoms with Crippen LogP contribution >= 0.6 is 0 Å². The molecule has 0 saturated heterocycles. The lowest BCUT2D eigenvalue weighted by Crippen LogP contribution is -2.56. The van der Waals surface area contributed by atoms with Crippen LogP contribution in [-0.4, -0.2) is 28.3 Å². The van der Waals surface area contributed by atoms with Crippen molar-refractivity contribution in [3.63, 3.8) is 0 Å². The second-order valence-electron chi connectivity index (χ2n) is 5.38. The van der Waals surface area contributed by atoms with Gasteiger partial charge in [0.1, 0.15) is 0 Å². The van der Waals surface area contributed by atoms with Gasteiger partial charge in [-0.2, -0.15) is 0 Å². The van der Waals surface area contributed by atoms with E-state index in [2.05, 4.69) is 11.4 Å². The van der Waals surface area contributed by atoms with Crippen molar-refractivity contribution in [2.45, 2.75) is 30.9 Å². The minimum atomic E-state index is -0.903. The average molecular weight is 247 g/mol. The molecular weight excluding hydrogens is 230 g/mol. The number of carboxylic acids is 1. The first kappa shape index (κ1) is 11.7. The second-order valence-corrected chi connectivity index (χ2v) is 5.38. The van der Waals surface area contributed by atoms with Crippen molar-refractivity contribution in [2.24, 2.45) is 5.92 Å². The molecule has 0 amide bonds. The van der Waals surface area contributed by atoms with Crippen LogP contribution in [0.4, 0.5) is 0 Å². The first-order valence-electron chi connectivity index (χ1n) is 6.36. The number of fused-ring (bicyclic) bond motifs is 1. The third-order valence-corrected chi connectivity index (χ3v) is 4.20. The monoisotopic (exact) mass is 247 g/mol. The highest BCUT2D eigenvalue weighted by molar-refractivity contribution is 5.71. The Morgan fingerprint density at radius 1 is 1.33 bits per heavy atom. The summed E-state index contributed by atoms with van der Waals surface area (Å²) in [6.45, 7) is 0.835. The predicted octanol–water partition coefficient (Wildman–Crippen LogP) is 1.10. The molecule has 2 aliphatic rings. The van der Waals surface area contributed by atoms with Gasteiger partial charge in [0.15, 0.2) is 0 Å². The molecule has 1 aliphatic carbocycles. The van der Waals surface area contributed by atoms with Crippen LogP contribution < -0.4 is 5.32 Å². The largest absolute Gasteiger partial charge is 0.481 e. The van der Waals surface area contributed by atoms with E-state index in [4.69, 9.17) is 5.11 Å². The van der Waals surface area contributed by atoms with Gasteiger partial charge in [-0.1, -0.05) is 24.3 Å². The van der Waals surface area contributed by atoms with Crippen LogP contribution in [0.15, 0.2) is 24.3 Å². The van der Waals surface area contributed by atoms with E-state index in [0.717, 1.165) is 18.5 Å². The highest BCUT2D eigenvalue weighted by Gasteiger charge is 2.52. The molecule has 1 atom stereocenters. The molecule has 1 fully saturated rings. The Kier molecular flexibility index (Phi) is 2.64. The number of hydrogen-bond donors (Lipinski definition) is 3. The zero-order chi connectivity index (χ0) is 12.8. The molecule has 18 heavy (non-hydrogen) atoms. The maximum absolute atomic E-state index is 10.9. The van der Waals surface area contributed by atoms with Gasteiger partial charge in [-0.15, -0.1) is 0 Å². The topological polar surface area (TPSA) is 69.6 Å². The Bertz CT molecular complexity index is 480. The van der Waals surface area contributed by atoms with Gasteiger partial charge in [-0.25, -0.2) is 0 Å². The van der Waals surface area contributed by atoms with Crippen LogP contribution in [0.5, 0.6) is 0 Å². The quantitative estimate of drug-likeness (QED) is 0.732. The molecule has 0 spiro atoms. The summed E-state index contributed by atoms with van der Waals surface area (Å²) < 4.78 is 0. The normalized spacial score (nSPS) is 34.5. The van der Waals surface area contributed by atoms with Crippen LogP contribution in [0.3, 0.4) is 0 Å². The molecular formula is C14H17NO3. The maximum Gasteiger partial charge on any atom is 0.306 e. The van der Waals surface area contributed by atoms with E-state index in [0.29, 0.717) is 12.8 Å². The average Bonchev–Trinajstić information content (AvgIpc) is 2.34. The molecule has 4 nitrogen and oxygen atoms in total. The number of hydrogen-bond acceptors (Lipinski definition) is 3.